The van der Waals surface area contributed by atoms with E-state index in [2.05, 4.69) is 10.6 Å². The molecule has 2 rings (SSSR count). The first kappa shape index (κ1) is 18.5. The van der Waals surface area contributed by atoms with Crippen LogP contribution in [0.1, 0.15) is 32.1 Å². The number of rotatable bonds is 8. The predicted molar refractivity (Wildman–Crippen MR) is 90.7 cm³/mol. The van der Waals surface area contributed by atoms with E-state index in [4.69, 9.17) is 0 Å². The Bertz CT molecular complexity index is 518. The third-order valence-electron chi connectivity index (χ3n) is 4.07. The van der Waals surface area contributed by atoms with Gasteiger partial charge < -0.3 is 10.6 Å². The number of nitrogens with zero attached hydrogens (tertiary/aromatic N) is 1. The van der Waals surface area contributed by atoms with Crippen LogP contribution in [0.15, 0.2) is 0 Å². The highest BCUT2D eigenvalue weighted by molar-refractivity contribution is 8.00. The molecule has 1 aliphatic carbocycles. The van der Waals surface area contributed by atoms with Gasteiger partial charge in [0.15, 0.2) is 0 Å². The first-order chi connectivity index (χ1) is 11.0. The first-order valence-electron chi connectivity index (χ1n) is 8.09. The molecule has 0 aromatic carbocycles. The lowest BCUT2D eigenvalue weighted by molar-refractivity contribution is -0.119. The molecule has 9 heteroatoms. The molecule has 7 nitrogen and oxygen atoms in total. The fourth-order valence-electron chi connectivity index (χ4n) is 2.89. The number of amides is 2. The first-order valence-corrected chi connectivity index (χ1v) is 10.9. The fraction of sp³-hybridized carbons (Fsp3) is 0.857. The molecule has 0 spiro atoms. The van der Waals surface area contributed by atoms with Crippen LogP contribution in [0.3, 0.4) is 0 Å². The summed E-state index contributed by atoms with van der Waals surface area (Å²) in [5, 5.41) is 5.67. The second-order valence-corrected chi connectivity index (χ2v) is 9.03. The molecule has 0 atom stereocenters. The van der Waals surface area contributed by atoms with Gasteiger partial charge in [0.1, 0.15) is 0 Å². The Morgan fingerprint density at radius 2 is 1.78 bits per heavy atom. The van der Waals surface area contributed by atoms with Crippen molar-refractivity contribution in [3.8, 4) is 0 Å². The van der Waals surface area contributed by atoms with Crippen LogP contribution in [0.2, 0.25) is 0 Å². The van der Waals surface area contributed by atoms with E-state index in [1.54, 1.807) is 0 Å². The average Bonchev–Trinajstić information content (AvgIpc) is 3.09. The smallest absolute Gasteiger partial charge is 0.230 e. The topological polar surface area (TPSA) is 95.6 Å². The largest absolute Gasteiger partial charge is 0.354 e. The van der Waals surface area contributed by atoms with Crippen molar-refractivity contribution in [3.63, 3.8) is 0 Å². The molecule has 2 fully saturated rings. The Balaban J connectivity index is 1.52. The van der Waals surface area contributed by atoms with Crippen molar-refractivity contribution in [2.45, 2.75) is 38.1 Å². The molecule has 1 saturated carbocycles. The van der Waals surface area contributed by atoms with Crippen molar-refractivity contribution < 1.29 is 18.0 Å². The molecular weight excluding hydrogens is 338 g/mol. The lowest BCUT2D eigenvalue weighted by atomic mass is 10.2. The minimum atomic E-state index is -3.10. The monoisotopic (exact) mass is 363 g/mol. The summed E-state index contributed by atoms with van der Waals surface area (Å²) >= 11 is 1.28. The summed E-state index contributed by atoms with van der Waals surface area (Å²) in [7, 11) is -3.10. The SMILES string of the molecule is O=C(CSCC(=O)NC1CCCC1)NCCN1CCCS1(=O)=O. The van der Waals surface area contributed by atoms with Crippen LogP contribution in [-0.4, -0.2) is 67.5 Å². The van der Waals surface area contributed by atoms with Crippen molar-refractivity contribution in [2.75, 3.05) is 36.9 Å². The van der Waals surface area contributed by atoms with Crippen LogP contribution >= 0.6 is 11.8 Å². The second kappa shape index (κ2) is 8.89. The van der Waals surface area contributed by atoms with E-state index in [9.17, 15) is 18.0 Å². The number of nitrogens with one attached hydrogen (secondary N) is 2. The van der Waals surface area contributed by atoms with Gasteiger partial charge in [-0.2, -0.15) is 0 Å². The van der Waals surface area contributed by atoms with Crippen LogP contribution in [0, 0.1) is 0 Å². The lowest BCUT2D eigenvalue weighted by Gasteiger charge is -2.14. The molecule has 0 aromatic heterocycles. The second-order valence-electron chi connectivity index (χ2n) is 5.96. The van der Waals surface area contributed by atoms with Gasteiger partial charge in [-0.25, -0.2) is 12.7 Å². The maximum absolute atomic E-state index is 11.7. The Morgan fingerprint density at radius 3 is 2.43 bits per heavy atom. The number of hydrogen-bond donors (Lipinski definition) is 2. The quantitative estimate of drug-likeness (QED) is 0.629. The minimum Gasteiger partial charge on any atom is -0.354 e. The fourth-order valence-corrected chi connectivity index (χ4v) is 5.08. The molecule has 23 heavy (non-hydrogen) atoms. The van der Waals surface area contributed by atoms with E-state index in [0.717, 1.165) is 12.8 Å². The third kappa shape index (κ3) is 6.31. The summed E-state index contributed by atoms with van der Waals surface area (Å²) in [6, 6.07) is 0.305. The summed E-state index contributed by atoms with van der Waals surface area (Å²) in [6.07, 6.45) is 5.11. The molecule has 0 radical (unpaired) electrons. The summed E-state index contributed by atoms with van der Waals surface area (Å²) in [4.78, 5) is 23.4. The predicted octanol–water partition coefficient (Wildman–Crippen LogP) is -0.0699. The zero-order valence-electron chi connectivity index (χ0n) is 13.3. The molecule has 2 N–H and O–H groups in total. The molecular formula is C14H25N3O4S2. The summed E-state index contributed by atoms with van der Waals surface area (Å²) in [5.74, 6) is 0.514. The van der Waals surface area contributed by atoms with E-state index < -0.39 is 10.0 Å². The van der Waals surface area contributed by atoms with Crippen molar-refractivity contribution >= 4 is 33.6 Å². The summed E-state index contributed by atoms with van der Waals surface area (Å²) in [5.41, 5.74) is 0. The molecule has 2 amide bonds. The van der Waals surface area contributed by atoms with Crippen LogP contribution in [0.4, 0.5) is 0 Å². The standard InChI is InChI=1S/C14H25N3O4S2/c18-13(15-6-8-17-7-3-9-23(17,20)21)10-22-11-14(19)16-12-4-1-2-5-12/h12H,1-11H2,(H,15,18)(H,16,19). The Labute approximate surface area is 142 Å². The summed E-state index contributed by atoms with van der Waals surface area (Å²) in [6.45, 7) is 1.17. The van der Waals surface area contributed by atoms with Crippen LogP contribution in [0.25, 0.3) is 0 Å². The highest BCUT2D eigenvalue weighted by Gasteiger charge is 2.27. The Kier molecular flexibility index (Phi) is 7.16. The highest BCUT2D eigenvalue weighted by atomic mass is 32.2. The van der Waals surface area contributed by atoms with Crippen molar-refractivity contribution in [1.82, 2.24) is 14.9 Å². The zero-order valence-corrected chi connectivity index (χ0v) is 14.9. The molecule has 1 aliphatic heterocycles. The van der Waals surface area contributed by atoms with Gasteiger partial charge in [-0.3, -0.25) is 9.59 Å². The molecule has 1 heterocycles. The van der Waals surface area contributed by atoms with E-state index in [-0.39, 0.29) is 29.1 Å². The molecule has 2 aliphatic rings. The molecule has 0 unspecified atom stereocenters. The van der Waals surface area contributed by atoms with Crippen LogP contribution in [0.5, 0.6) is 0 Å². The third-order valence-corrected chi connectivity index (χ3v) is 6.96. The van der Waals surface area contributed by atoms with Gasteiger partial charge in [-0.05, 0) is 19.3 Å². The van der Waals surface area contributed by atoms with Gasteiger partial charge in [0.2, 0.25) is 21.8 Å². The number of carbonyl (C=O) groups is 2. The number of carbonyl (C=O) groups excluding carboxylic acids is 2. The summed E-state index contributed by atoms with van der Waals surface area (Å²) < 4.78 is 24.6. The normalized spacial score (nSPS) is 21.4. The Hall–Kier alpha value is -0.800. The highest BCUT2D eigenvalue weighted by Crippen LogP contribution is 2.17. The lowest BCUT2D eigenvalue weighted by Crippen LogP contribution is -2.37. The van der Waals surface area contributed by atoms with Crippen molar-refractivity contribution in [1.29, 1.82) is 0 Å². The molecule has 0 bridgehead atoms. The molecule has 132 valence electrons. The van der Waals surface area contributed by atoms with Gasteiger partial charge in [0, 0.05) is 25.7 Å². The van der Waals surface area contributed by atoms with Gasteiger partial charge >= 0.3 is 0 Å². The number of hydrogen-bond acceptors (Lipinski definition) is 5. The molecule has 0 aromatic rings. The van der Waals surface area contributed by atoms with Crippen molar-refractivity contribution in [3.05, 3.63) is 0 Å². The maximum atomic E-state index is 11.7. The average molecular weight is 364 g/mol. The van der Waals surface area contributed by atoms with Crippen molar-refractivity contribution in [2.24, 2.45) is 0 Å². The van der Waals surface area contributed by atoms with E-state index in [0.29, 0.717) is 32.1 Å². The van der Waals surface area contributed by atoms with E-state index in [1.165, 1.54) is 28.9 Å². The van der Waals surface area contributed by atoms with Crippen LogP contribution in [-0.2, 0) is 19.6 Å². The molecule has 1 saturated heterocycles. The van der Waals surface area contributed by atoms with Gasteiger partial charge in [-0.1, -0.05) is 12.8 Å². The van der Waals surface area contributed by atoms with Crippen LogP contribution < -0.4 is 10.6 Å². The number of thioether (sulfide) groups is 1. The Morgan fingerprint density at radius 1 is 1.09 bits per heavy atom. The van der Waals surface area contributed by atoms with Gasteiger partial charge in [0.25, 0.3) is 0 Å². The number of sulfonamides is 1. The van der Waals surface area contributed by atoms with E-state index >= 15 is 0 Å². The minimum absolute atomic E-state index is 0.0159. The van der Waals surface area contributed by atoms with Gasteiger partial charge in [-0.15, -0.1) is 11.8 Å². The maximum Gasteiger partial charge on any atom is 0.230 e. The van der Waals surface area contributed by atoms with E-state index in [1.807, 2.05) is 0 Å². The zero-order chi connectivity index (χ0) is 16.7. The van der Waals surface area contributed by atoms with Gasteiger partial charge in [0.05, 0.1) is 17.3 Å².